The van der Waals surface area contributed by atoms with E-state index < -0.39 is 0 Å². The number of pyridine rings is 1. The molecule has 3 heterocycles. The van der Waals surface area contributed by atoms with Crippen LogP contribution >= 0.6 is 11.6 Å². The van der Waals surface area contributed by atoms with Gasteiger partial charge in [0.15, 0.2) is 5.82 Å². The third-order valence-corrected chi connectivity index (χ3v) is 3.81. The highest BCUT2D eigenvalue weighted by atomic mass is 35.5. The molecule has 0 radical (unpaired) electrons. The lowest BCUT2D eigenvalue weighted by Gasteiger charge is -2.32. The molecule has 3 rings (SSSR count). The van der Waals surface area contributed by atoms with Crippen LogP contribution in [-0.4, -0.2) is 50.4 Å². The Balaban J connectivity index is 1.66. The summed E-state index contributed by atoms with van der Waals surface area (Å²) in [5.74, 6) is 1.19. The number of urea groups is 1. The molecule has 2 aromatic rings. The van der Waals surface area contributed by atoms with Crippen molar-refractivity contribution in [1.82, 2.24) is 24.6 Å². The van der Waals surface area contributed by atoms with Crippen LogP contribution in [0.25, 0.3) is 0 Å². The Morgan fingerprint density at radius 2 is 2.39 bits per heavy atom. The van der Waals surface area contributed by atoms with Gasteiger partial charge in [-0.15, -0.1) is 10.2 Å². The maximum absolute atomic E-state index is 12.4. The van der Waals surface area contributed by atoms with Gasteiger partial charge in [0, 0.05) is 19.3 Å². The SMILES string of the molecule is CCn1cnnc1[C@@H]1CN(C(=O)Nc2ccc(Cl)cn2)CCO1. The van der Waals surface area contributed by atoms with Crippen LogP contribution in [-0.2, 0) is 11.3 Å². The molecular formula is C14H17ClN6O2. The summed E-state index contributed by atoms with van der Waals surface area (Å²) in [6.07, 6.45) is 2.87. The number of ether oxygens (including phenoxy) is 1. The number of halogens is 1. The largest absolute Gasteiger partial charge is 0.366 e. The zero-order valence-corrected chi connectivity index (χ0v) is 13.4. The fourth-order valence-corrected chi connectivity index (χ4v) is 2.50. The van der Waals surface area contributed by atoms with E-state index in [0.717, 1.165) is 12.4 Å². The molecule has 2 aromatic heterocycles. The first-order valence-electron chi connectivity index (χ1n) is 7.34. The van der Waals surface area contributed by atoms with Crippen LogP contribution in [0.4, 0.5) is 10.6 Å². The second-order valence-corrected chi connectivity index (χ2v) is 5.51. The van der Waals surface area contributed by atoms with E-state index in [1.54, 1.807) is 23.4 Å². The maximum atomic E-state index is 12.4. The maximum Gasteiger partial charge on any atom is 0.323 e. The fourth-order valence-electron chi connectivity index (χ4n) is 2.39. The van der Waals surface area contributed by atoms with E-state index in [9.17, 15) is 4.79 Å². The molecule has 0 aliphatic carbocycles. The number of nitrogens with one attached hydrogen (secondary N) is 1. The van der Waals surface area contributed by atoms with Crippen molar-refractivity contribution in [2.45, 2.75) is 19.6 Å². The average molecular weight is 337 g/mol. The second-order valence-electron chi connectivity index (χ2n) is 5.07. The first-order chi connectivity index (χ1) is 11.2. The van der Waals surface area contributed by atoms with E-state index in [0.29, 0.717) is 30.5 Å². The molecule has 0 bridgehead atoms. The van der Waals surface area contributed by atoms with Gasteiger partial charge >= 0.3 is 6.03 Å². The Morgan fingerprint density at radius 3 is 3.13 bits per heavy atom. The van der Waals surface area contributed by atoms with Gasteiger partial charge in [-0.05, 0) is 19.1 Å². The second kappa shape index (κ2) is 6.93. The van der Waals surface area contributed by atoms with Crippen molar-refractivity contribution >= 4 is 23.4 Å². The molecule has 122 valence electrons. The summed E-state index contributed by atoms with van der Waals surface area (Å²) in [5.41, 5.74) is 0. The number of morpholine rings is 1. The predicted molar refractivity (Wildman–Crippen MR) is 84.2 cm³/mol. The van der Waals surface area contributed by atoms with E-state index in [1.807, 2.05) is 11.5 Å². The highest BCUT2D eigenvalue weighted by Crippen LogP contribution is 2.21. The van der Waals surface area contributed by atoms with Gasteiger partial charge in [0.05, 0.1) is 18.2 Å². The quantitative estimate of drug-likeness (QED) is 0.926. The van der Waals surface area contributed by atoms with E-state index in [2.05, 4.69) is 20.5 Å². The van der Waals surface area contributed by atoms with Crippen molar-refractivity contribution < 1.29 is 9.53 Å². The molecule has 1 saturated heterocycles. The average Bonchev–Trinajstić information content (AvgIpc) is 3.06. The minimum Gasteiger partial charge on any atom is -0.366 e. The lowest BCUT2D eigenvalue weighted by atomic mass is 10.2. The molecule has 1 aliphatic rings. The van der Waals surface area contributed by atoms with Gasteiger partial charge < -0.3 is 14.2 Å². The normalized spacial score (nSPS) is 18.0. The van der Waals surface area contributed by atoms with Gasteiger partial charge in [0.1, 0.15) is 18.2 Å². The standard InChI is InChI=1S/C14H17ClN6O2/c1-2-20-9-17-19-13(20)11-8-21(5-6-23-11)14(22)18-12-4-3-10(15)7-16-12/h3-4,7,9,11H,2,5-6,8H2,1H3,(H,16,18,22)/t11-/m0/s1. The Morgan fingerprint density at radius 1 is 1.52 bits per heavy atom. The molecule has 1 atom stereocenters. The lowest BCUT2D eigenvalue weighted by Crippen LogP contribution is -2.45. The van der Waals surface area contributed by atoms with Crippen molar-refractivity contribution in [2.24, 2.45) is 0 Å². The van der Waals surface area contributed by atoms with Crippen molar-refractivity contribution in [3.05, 3.63) is 35.5 Å². The number of anilines is 1. The molecule has 1 aliphatic heterocycles. The van der Waals surface area contributed by atoms with Gasteiger partial charge in [-0.25, -0.2) is 9.78 Å². The number of hydrogen-bond acceptors (Lipinski definition) is 5. The molecule has 9 heteroatoms. The Bertz CT molecular complexity index is 674. The Labute approximate surface area is 138 Å². The van der Waals surface area contributed by atoms with Crippen molar-refractivity contribution in [3.8, 4) is 0 Å². The minimum atomic E-state index is -0.282. The summed E-state index contributed by atoms with van der Waals surface area (Å²) in [5, 5.41) is 11.3. The van der Waals surface area contributed by atoms with Crippen LogP contribution < -0.4 is 5.32 Å². The summed E-state index contributed by atoms with van der Waals surface area (Å²) in [7, 11) is 0. The van der Waals surface area contributed by atoms with Gasteiger partial charge in [-0.3, -0.25) is 5.32 Å². The van der Waals surface area contributed by atoms with Crippen molar-refractivity contribution in [2.75, 3.05) is 25.0 Å². The number of carbonyl (C=O) groups excluding carboxylic acids is 1. The molecule has 2 amide bonds. The summed E-state index contributed by atoms with van der Waals surface area (Å²) in [6.45, 7) is 4.13. The van der Waals surface area contributed by atoms with E-state index in [1.165, 1.54) is 6.20 Å². The number of rotatable bonds is 3. The van der Waals surface area contributed by atoms with Crippen molar-refractivity contribution in [1.29, 1.82) is 0 Å². The Kier molecular flexibility index (Phi) is 4.73. The molecule has 1 N–H and O–H groups in total. The minimum absolute atomic E-state index is 0.226. The number of nitrogens with zero attached hydrogens (tertiary/aromatic N) is 5. The Hall–Kier alpha value is -2.19. The van der Waals surface area contributed by atoms with Crippen LogP contribution in [0.1, 0.15) is 18.9 Å². The zero-order valence-electron chi connectivity index (χ0n) is 12.6. The molecule has 8 nitrogen and oxygen atoms in total. The lowest BCUT2D eigenvalue weighted by molar-refractivity contribution is -0.0199. The van der Waals surface area contributed by atoms with Crippen LogP contribution in [0.15, 0.2) is 24.7 Å². The highest BCUT2D eigenvalue weighted by Gasteiger charge is 2.28. The van der Waals surface area contributed by atoms with Crippen LogP contribution in [0.2, 0.25) is 5.02 Å². The molecular weight excluding hydrogens is 320 g/mol. The molecule has 0 spiro atoms. The van der Waals surface area contributed by atoms with Crippen LogP contribution in [0.5, 0.6) is 0 Å². The topological polar surface area (TPSA) is 85.2 Å². The first kappa shape index (κ1) is 15.7. The summed E-state index contributed by atoms with van der Waals surface area (Å²) >= 11 is 5.78. The van der Waals surface area contributed by atoms with Gasteiger partial charge in [-0.2, -0.15) is 0 Å². The van der Waals surface area contributed by atoms with Crippen LogP contribution in [0, 0.1) is 0 Å². The van der Waals surface area contributed by atoms with Gasteiger partial charge in [-0.1, -0.05) is 11.6 Å². The van der Waals surface area contributed by atoms with Gasteiger partial charge in [0.2, 0.25) is 0 Å². The summed E-state index contributed by atoms with van der Waals surface area (Å²) in [4.78, 5) is 18.1. The van der Waals surface area contributed by atoms with E-state index >= 15 is 0 Å². The monoisotopic (exact) mass is 336 g/mol. The van der Waals surface area contributed by atoms with Crippen LogP contribution in [0.3, 0.4) is 0 Å². The number of aromatic nitrogens is 4. The molecule has 0 unspecified atom stereocenters. The summed E-state index contributed by atoms with van der Waals surface area (Å²) in [6, 6.07) is 3.11. The molecule has 0 aromatic carbocycles. The van der Waals surface area contributed by atoms with Crippen molar-refractivity contribution in [3.63, 3.8) is 0 Å². The molecule has 1 fully saturated rings. The number of aryl methyl sites for hydroxylation is 1. The number of amides is 2. The first-order valence-corrected chi connectivity index (χ1v) is 7.72. The summed E-state index contributed by atoms with van der Waals surface area (Å²) < 4.78 is 7.64. The predicted octanol–water partition coefficient (Wildman–Crippen LogP) is 1.95. The number of hydrogen-bond donors (Lipinski definition) is 1. The highest BCUT2D eigenvalue weighted by molar-refractivity contribution is 6.30. The molecule has 23 heavy (non-hydrogen) atoms. The third-order valence-electron chi connectivity index (χ3n) is 3.59. The van der Waals surface area contributed by atoms with E-state index in [4.69, 9.17) is 16.3 Å². The smallest absolute Gasteiger partial charge is 0.323 e. The van der Waals surface area contributed by atoms with E-state index in [-0.39, 0.29) is 12.1 Å². The molecule has 0 saturated carbocycles. The third kappa shape index (κ3) is 3.59. The zero-order chi connectivity index (χ0) is 16.2. The fraction of sp³-hybridized carbons (Fsp3) is 0.429. The van der Waals surface area contributed by atoms with Gasteiger partial charge in [0.25, 0.3) is 0 Å². The number of carbonyl (C=O) groups is 1.